The van der Waals surface area contributed by atoms with E-state index in [1.165, 1.54) is 0 Å². The van der Waals surface area contributed by atoms with Crippen LogP contribution in [0.5, 0.6) is 11.5 Å². The fourth-order valence-corrected chi connectivity index (χ4v) is 2.80. The van der Waals surface area contributed by atoms with E-state index < -0.39 is 0 Å². The van der Waals surface area contributed by atoms with E-state index in [4.69, 9.17) is 21.1 Å². The summed E-state index contributed by atoms with van der Waals surface area (Å²) in [5, 5.41) is 3.62. The number of rotatable bonds is 4. The quantitative estimate of drug-likeness (QED) is 0.935. The molecule has 1 aliphatic heterocycles. The Bertz CT molecular complexity index is 700. The van der Waals surface area contributed by atoms with Crippen LogP contribution in [0, 0.1) is 5.92 Å². The Hall–Kier alpha value is -2.20. The molecule has 0 saturated heterocycles. The Morgan fingerprint density at radius 2 is 2.09 bits per heavy atom. The molecule has 1 N–H and O–H groups in total. The van der Waals surface area contributed by atoms with Gasteiger partial charge in [0.15, 0.2) is 0 Å². The van der Waals surface area contributed by atoms with Crippen molar-refractivity contribution in [2.75, 3.05) is 13.7 Å². The Balaban J connectivity index is 1.58. The van der Waals surface area contributed by atoms with E-state index in [1.54, 1.807) is 13.2 Å². The standard InChI is InChI=1S/C18H18ClNO3/c1-22-16-5-2-12(3-6-16)10-20-18(21)14-8-13-9-15(19)4-7-17(13)23-11-14/h2-7,9,14H,8,10-11H2,1H3,(H,20,21)/t14-/m0/s1. The van der Waals surface area contributed by atoms with Crippen molar-refractivity contribution in [1.82, 2.24) is 5.32 Å². The van der Waals surface area contributed by atoms with Gasteiger partial charge in [0.25, 0.3) is 0 Å². The normalized spacial score (nSPS) is 16.2. The van der Waals surface area contributed by atoms with Gasteiger partial charge in [0, 0.05) is 11.6 Å². The zero-order valence-electron chi connectivity index (χ0n) is 12.8. The molecule has 4 nitrogen and oxygen atoms in total. The highest BCUT2D eigenvalue weighted by atomic mass is 35.5. The first kappa shape index (κ1) is 15.7. The second-order valence-electron chi connectivity index (χ2n) is 5.53. The van der Waals surface area contributed by atoms with E-state index in [0.717, 1.165) is 22.6 Å². The van der Waals surface area contributed by atoms with Crippen molar-refractivity contribution in [2.45, 2.75) is 13.0 Å². The predicted molar refractivity (Wildman–Crippen MR) is 89.0 cm³/mol. The molecule has 1 amide bonds. The average Bonchev–Trinajstić information content (AvgIpc) is 2.59. The second kappa shape index (κ2) is 6.92. The summed E-state index contributed by atoms with van der Waals surface area (Å²) in [7, 11) is 1.63. The second-order valence-corrected chi connectivity index (χ2v) is 5.97. The lowest BCUT2D eigenvalue weighted by Gasteiger charge is -2.24. The van der Waals surface area contributed by atoms with E-state index in [0.29, 0.717) is 24.6 Å². The lowest BCUT2D eigenvalue weighted by molar-refractivity contribution is -0.126. The minimum absolute atomic E-state index is 0.00792. The Labute approximate surface area is 140 Å². The molecule has 1 aliphatic rings. The van der Waals surface area contributed by atoms with Gasteiger partial charge in [-0.1, -0.05) is 23.7 Å². The summed E-state index contributed by atoms with van der Waals surface area (Å²) in [6.07, 6.45) is 0.643. The van der Waals surface area contributed by atoms with Crippen LogP contribution in [0.3, 0.4) is 0 Å². The summed E-state index contributed by atoms with van der Waals surface area (Å²) >= 11 is 6.00. The maximum atomic E-state index is 12.3. The molecular formula is C18H18ClNO3. The summed E-state index contributed by atoms with van der Waals surface area (Å²) in [6.45, 7) is 0.880. The molecule has 0 radical (unpaired) electrons. The van der Waals surface area contributed by atoms with Gasteiger partial charge in [-0.3, -0.25) is 4.79 Å². The van der Waals surface area contributed by atoms with Crippen molar-refractivity contribution in [3.05, 3.63) is 58.6 Å². The van der Waals surface area contributed by atoms with Crippen LogP contribution in [0.1, 0.15) is 11.1 Å². The van der Waals surface area contributed by atoms with Crippen molar-refractivity contribution in [3.63, 3.8) is 0 Å². The van der Waals surface area contributed by atoms with Crippen LogP contribution < -0.4 is 14.8 Å². The number of carbonyl (C=O) groups excluding carboxylic acids is 1. The molecule has 0 fully saturated rings. The predicted octanol–water partition coefficient (Wildman–Crippen LogP) is 3.22. The molecule has 0 bridgehead atoms. The lowest BCUT2D eigenvalue weighted by atomic mass is 9.96. The summed E-state index contributed by atoms with van der Waals surface area (Å²) < 4.78 is 10.8. The van der Waals surface area contributed by atoms with E-state index >= 15 is 0 Å². The molecule has 0 unspecified atom stereocenters. The molecule has 3 rings (SSSR count). The zero-order valence-corrected chi connectivity index (χ0v) is 13.6. The molecule has 1 heterocycles. The molecule has 120 valence electrons. The van der Waals surface area contributed by atoms with Crippen LogP contribution >= 0.6 is 11.6 Å². The molecule has 0 aliphatic carbocycles. The van der Waals surface area contributed by atoms with Gasteiger partial charge in [-0.15, -0.1) is 0 Å². The number of benzene rings is 2. The minimum atomic E-state index is -0.195. The monoisotopic (exact) mass is 331 g/mol. The Kier molecular flexibility index (Phi) is 4.72. The third-order valence-electron chi connectivity index (χ3n) is 3.93. The maximum absolute atomic E-state index is 12.3. The topological polar surface area (TPSA) is 47.6 Å². The first-order valence-corrected chi connectivity index (χ1v) is 7.85. The number of carbonyl (C=O) groups is 1. The van der Waals surface area contributed by atoms with E-state index in [1.807, 2.05) is 36.4 Å². The molecule has 1 atom stereocenters. The Morgan fingerprint density at radius 3 is 2.83 bits per heavy atom. The maximum Gasteiger partial charge on any atom is 0.227 e. The highest BCUT2D eigenvalue weighted by Crippen LogP contribution is 2.29. The van der Waals surface area contributed by atoms with Gasteiger partial charge in [-0.25, -0.2) is 0 Å². The summed E-state index contributed by atoms with van der Waals surface area (Å²) in [5.41, 5.74) is 2.01. The van der Waals surface area contributed by atoms with Gasteiger partial charge in [-0.05, 0) is 47.9 Å². The van der Waals surface area contributed by atoms with Crippen LogP contribution in [-0.4, -0.2) is 19.6 Å². The van der Waals surface area contributed by atoms with Crippen LogP contribution in [0.15, 0.2) is 42.5 Å². The van der Waals surface area contributed by atoms with E-state index in [2.05, 4.69) is 5.32 Å². The molecule has 0 aromatic heterocycles. The van der Waals surface area contributed by atoms with E-state index in [-0.39, 0.29) is 11.8 Å². The Morgan fingerprint density at radius 1 is 1.30 bits per heavy atom. The number of amides is 1. The van der Waals surface area contributed by atoms with Crippen LogP contribution in [0.2, 0.25) is 5.02 Å². The summed E-state index contributed by atoms with van der Waals surface area (Å²) in [6, 6.07) is 13.1. The third kappa shape index (κ3) is 3.77. The van der Waals surface area contributed by atoms with Crippen molar-refractivity contribution in [2.24, 2.45) is 5.92 Å². The number of fused-ring (bicyclic) bond motifs is 1. The first-order chi connectivity index (χ1) is 11.2. The molecule has 23 heavy (non-hydrogen) atoms. The van der Waals surface area contributed by atoms with Gasteiger partial charge in [-0.2, -0.15) is 0 Å². The number of nitrogens with one attached hydrogen (secondary N) is 1. The third-order valence-corrected chi connectivity index (χ3v) is 4.16. The average molecular weight is 332 g/mol. The number of halogens is 1. The smallest absolute Gasteiger partial charge is 0.227 e. The van der Waals surface area contributed by atoms with Gasteiger partial charge >= 0.3 is 0 Å². The van der Waals surface area contributed by atoms with Crippen LogP contribution in [0.25, 0.3) is 0 Å². The molecule has 2 aromatic carbocycles. The molecule has 0 spiro atoms. The van der Waals surface area contributed by atoms with Gasteiger partial charge in [0.2, 0.25) is 5.91 Å². The summed E-state index contributed by atoms with van der Waals surface area (Å²) in [4.78, 5) is 12.3. The van der Waals surface area contributed by atoms with Crippen molar-refractivity contribution in [1.29, 1.82) is 0 Å². The van der Waals surface area contributed by atoms with Crippen molar-refractivity contribution < 1.29 is 14.3 Å². The lowest BCUT2D eigenvalue weighted by Crippen LogP contribution is -2.37. The fraction of sp³-hybridized carbons (Fsp3) is 0.278. The zero-order chi connectivity index (χ0) is 16.2. The SMILES string of the molecule is COc1ccc(CNC(=O)[C@@H]2COc3ccc(Cl)cc3C2)cc1. The molecule has 5 heteroatoms. The van der Waals surface area contributed by atoms with E-state index in [9.17, 15) is 4.79 Å². The fourth-order valence-electron chi connectivity index (χ4n) is 2.61. The minimum Gasteiger partial charge on any atom is -0.497 e. The molecule has 0 saturated carbocycles. The number of methoxy groups -OCH3 is 1. The number of hydrogen-bond acceptors (Lipinski definition) is 3. The van der Waals surface area contributed by atoms with Gasteiger partial charge in [0.1, 0.15) is 18.1 Å². The van der Waals surface area contributed by atoms with Gasteiger partial charge < -0.3 is 14.8 Å². The summed E-state index contributed by atoms with van der Waals surface area (Å²) in [5.74, 6) is 1.41. The van der Waals surface area contributed by atoms with Crippen LogP contribution in [-0.2, 0) is 17.8 Å². The largest absolute Gasteiger partial charge is 0.497 e. The van der Waals surface area contributed by atoms with Crippen LogP contribution in [0.4, 0.5) is 0 Å². The number of ether oxygens (including phenoxy) is 2. The highest BCUT2D eigenvalue weighted by molar-refractivity contribution is 6.30. The molecular weight excluding hydrogens is 314 g/mol. The first-order valence-electron chi connectivity index (χ1n) is 7.47. The van der Waals surface area contributed by atoms with Crippen molar-refractivity contribution >= 4 is 17.5 Å². The van der Waals surface area contributed by atoms with Gasteiger partial charge in [0.05, 0.1) is 13.0 Å². The molecule has 2 aromatic rings. The number of hydrogen-bond donors (Lipinski definition) is 1. The highest BCUT2D eigenvalue weighted by Gasteiger charge is 2.25. The van der Waals surface area contributed by atoms with Crippen molar-refractivity contribution in [3.8, 4) is 11.5 Å².